The molecule has 3 aromatic rings. The Kier molecular flexibility index (Phi) is 5.85. The molecule has 7 nitrogen and oxygen atoms in total. The first-order chi connectivity index (χ1) is 14.5. The molecule has 0 spiro atoms. The number of hydrogen-bond acceptors (Lipinski definition) is 6. The molecule has 4 rings (SSSR count). The number of ether oxygens (including phenoxy) is 1. The Hall–Kier alpha value is -3.13. The van der Waals surface area contributed by atoms with Crippen LogP contribution in [0.25, 0.3) is 10.2 Å². The lowest BCUT2D eigenvalue weighted by atomic mass is 9.96. The van der Waals surface area contributed by atoms with E-state index < -0.39 is 0 Å². The minimum absolute atomic E-state index is 0.0225. The summed E-state index contributed by atoms with van der Waals surface area (Å²) in [4.78, 5) is 30.7. The van der Waals surface area contributed by atoms with E-state index in [-0.39, 0.29) is 17.7 Å². The number of nitrogens with one attached hydrogen (secondary N) is 2. The van der Waals surface area contributed by atoms with Gasteiger partial charge < -0.3 is 20.3 Å². The van der Waals surface area contributed by atoms with Crippen LogP contribution in [0.4, 0.5) is 16.5 Å². The van der Waals surface area contributed by atoms with E-state index in [1.165, 1.54) is 6.92 Å². The van der Waals surface area contributed by atoms with Crippen LogP contribution in [-0.4, -0.2) is 37.0 Å². The Morgan fingerprint density at radius 2 is 1.73 bits per heavy atom. The molecule has 1 aromatic heterocycles. The number of benzene rings is 2. The maximum absolute atomic E-state index is 12.7. The number of piperidine rings is 1. The van der Waals surface area contributed by atoms with Crippen molar-refractivity contribution in [1.29, 1.82) is 0 Å². The molecule has 0 aliphatic carbocycles. The predicted molar refractivity (Wildman–Crippen MR) is 120 cm³/mol. The minimum Gasteiger partial charge on any atom is -0.497 e. The molecular formula is C22H24N4O3S. The number of rotatable bonds is 5. The van der Waals surface area contributed by atoms with Gasteiger partial charge in [0.15, 0.2) is 5.13 Å². The van der Waals surface area contributed by atoms with Crippen LogP contribution < -0.4 is 20.3 Å². The van der Waals surface area contributed by atoms with E-state index in [9.17, 15) is 9.59 Å². The monoisotopic (exact) mass is 424 g/mol. The highest BCUT2D eigenvalue weighted by Gasteiger charge is 2.26. The molecule has 1 fully saturated rings. The number of anilines is 3. The molecule has 2 amide bonds. The van der Waals surface area contributed by atoms with Gasteiger partial charge >= 0.3 is 0 Å². The molecule has 1 aliphatic heterocycles. The molecule has 0 unspecified atom stereocenters. The van der Waals surface area contributed by atoms with Gasteiger partial charge in [-0.05, 0) is 55.3 Å². The number of fused-ring (bicyclic) bond motifs is 1. The molecule has 2 aromatic carbocycles. The number of aromatic nitrogens is 1. The van der Waals surface area contributed by atoms with Gasteiger partial charge in [0.2, 0.25) is 11.8 Å². The van der Waals surface area contributed by atoms with Crippen LogP contribution in [0.2, 0.25) is 0 Å². The Morgan fingerprint density at radius 1 is 1.07 bits per heavy atom. The zero-order valence-electron chi connectivity index (χ0n) is 17.0. The highest BCUT2D eigenvalue weighted by atomic mass is 32.1. The van der Waals surface area contributed by atoms with Gasteiger partial charge in [-0.25, -0.2) is 4.98 Å². The van der Waals surface area contributed by atoms with Crippen LogP contribution in [0.5, 0.6) is 5.75 Å². The summed E-state index contributed by atoms with van der Waals surface area (Å²) in [6.45, 7) is 3.07. The Morgan fingerprint density at radius 3 is 2.37 bits per heavy atom. The third kappa shape index (κ3) is 4.54. The molecule has 0 radical (unpaired) electrons. The zero-order chi connectivity index (χ0) is 21.1. The van der Waals surface area contributed by atoms with Crippen molar-refractivity contribution in [3.63, 3.8) is 0 Å². The van der Waals surface area contributed by atoms with Crippen LogP contribution in [0.1, 0.15) is 19.8 Å². The molecule has 2 heterocycles. The number of thiazole rings is 1. The average Bonchev–Trinajstić information content (AvgIpc) is 3.18. The van der Waals surface area contributed by atoms with Gasteiger partial charge in [-0.3, -0.25) is 9.59 Å². The minimum atomic E-state index is -0.120. The van der Waals surface area contributed by atoms with Crippen molar-refractivity contribution in [2.24, 2.45) is 5.92 Å². The van der Waals surface area contributed by atoms with E-state index in [1.807, 2.05) is 18.2 Å². The summed E-state index contributed by atoms with van der Waals surface area (Å²) in [7, 11) is 1.66. The van der Waals surface area contributed by atoms with E-state index >= 15 is 0 Å². The predicted octanol–water partition coefficient (Wildman–Crippen LogP) is 4.12. The second kappa shape index (κ2) is 8.71. The van der Waals surface area contributed by atoms with Gasteiger partial charge in [-0.1, -0.05) is 11.3 Å². The van der Waals surface area contributed by atoms with Crippen molar-refractivity contribution in [1.82, 2.24) is 4.98 Å². The number of nitrogens with zero attached hydrogens (tertiary/aromatic N) is 2. The fourth-order valence-electron chi connectivity index (χ4n) is 3.57. The third-order valence-corrected chi connectivity index (χ3v) is 6.27. The fraction of sp³-hybridized carbons (Fsp3) is 0.318. The third-order valence-electron chi connectivity index (χ3n) is 5.19. The average molecular weight is 425 g/mol. The molecule has 1 aliphatic rings. The molecule has 8 heteroatoms. The number of amides is 2. The first-order valence-electron chi connectivity index (χ1n) is 9.90. The van der Waals surface area contributed by atoms with Crippen molar-refractivity contribution >= 4 is 49.9 Å². The van der Waals surface area contributed by atoms with Crippen LogP contribution in [0, 0.1) is 5.92 Å². The lowest BCUT2D eigenvalue weighted by Crippen LogP contribution is -2.38. The topological polar surface area (TPSA) is 83.6 Å². The van der Waals surface area contributed by atoms with E-state index in [0.717, 1.165) is 52.7 Å². The first kappa shape index (κ1) is 20.2. The Bertz CT molecular complexity index is 1060. The molecular weight excluding hydrogens is 400 g/mol. The highest BCUT2D eigenvalue weighted by molar-refractivity contribution is 7.22. The van der Waals surface area contributed by atoms with Gasteiger partial charge in [0.1, 0.15) is 5.75 Å². The molecule has 2 N–H and O–H groups in total. The lowest BCUT2D eigenvalue weighted by Gasteiger charge is -2.31. The quantitative estimate of drug-likeness (QED) is 0.644. The SMILES string of the molecule is COc1ccc2nc(N3CCC(C(=O)Nc4ccc(NC(C)=O)cc4)CC3)sc2c1. The fourth-order valence-corrected chi connectivity index (χ4v) is 4.62. The van der Waals surface area contributed by atoms with Crippen molar-refractivity contribution in [3.05, 3.63) is 42.5 Å². The van der Waals surface area contributed by atoms with Crippen LogP contribution in [-0.2, 0) is 9.59 Å². The van der Waals surface area contributed by atoms with Gasteiger partial charge in [0.25, 0.3) is 0 Å². The molecule has 0 atom stereocenters. The summed E-state index contributed by atoms with van der Waals surface area (Å²) in [6, 6.07) is 13.1. The van der Waals surface area contributed by atoms with Crippen molar-refractivity contribution < 1.29 is 14.3 Å². The van der Waals surface area contributed by atoms with Gasteiger partial charge in [0.05, 0.1) is 17.3 Å². The summed E-state index contributed by atoms with van der Waals surface area (Å²) in [5.41, 5.74) is 2.41. The molecule has 0 bridgehead atoms. The van der Waals surface area contributed by atoms with Crippen LogP contribution >= 0.6 is 11.3 Å². The lowest BCUT2D eigenvalue weighted by molar-refractivity contribution is -0.120. The van der Waals surface area contributed by atoms with E-state index in [2.05, 4.69) is 15.5 Å². The first-order valence-corrected chi connectivity index (χ1v) is 10.7. The summed E-state index contributed by atoms with van der Waals surface area (Å²) >= 11 is 1.66. The standard InChI is InChI=1S/C22H24N4O3S/c1-14(27)23-16-3-5-17(6-4-16)24-21(28)15-9-11-26(12-10-15)22-25-19-8-7-18(29-2)13-20(19)30-22/h3-8,13,15H,9-12H2,1-2H3,(H,23,27)(H,24,28). The van der Waals surface area contributed by atoms with Gasteiger partial charge in [-0.2, -0.15) is 0 Å². The molecule has 1 saturated heterocycles. The number of methoxy groups -OCH3 is 1. The van der Waals surface area contributed by atoms with Crippen LogP contribution in [0.3, 0.4) is 0 Å². The second-order valence-electron chi connectivity index (χ2n) is 7.34. The number of hydrogen-bond donors (Lipinski definition) is 2. The van der Waals surface area contributed by atoms with E-state index in [1.54, 1.807) is 42.7 Å². The summed E-state index contributed by atoms with van der Waals surface area (Å²) in [5.74, 6) is 0.728. The van der Waals surface area contributed by atoms with Gasteiger partial charge in [0, 0.05) is 37.3 Å². The Balaban J connectivity index is 1.33. The summed E-state index contributed by atoms with van der Waals surface area (Å²) in [5, 5.41) is 6.69. The normalized spacial score (nSPS) is 14.5. The maximum Gasteiger partial charge on any atom is 0.227 e. The molecule has 30 heavy (non-hydrogen) atoms. The zero-order valence-corrected chi connectivity index (χ0v) is 17.8. The van der Waals surface area contributed by atoms with Gasteiger partial charge in [-0.15, -0.1) is 0 Å². The largest absolute Gasteiger partial charge is 0.497 e. The Labute approximate surface area is 179 Å². The summed E-state index contributed by atoms with van der Waals surface area (Å²) in [6.07, 6.45) is 1.57. The highest BCUT2D eigenvalue weighted by Crippen LogP contribution is 2.33. The maximum atomic E-state index is 12.7. The second-order valence-corrected chi connectivity index (χ2v) is 8.35. The smallest absolute Gasteiger partial charge is 0.227 e. The van der Waals surface area contributed by atoms with Crippen molar-refractivity contribution in [2.45, 2.75) is 19.8 Å². The number of carbonyl (C=O) groups is 2. The molecule has 156 valence electrons. The van der Waals surface area contributed by atoms with Crippen molar-refractivity contribution in [2.75, 3.05) is 35.7 Å². The van der Waals surface area contributed by atoms with E-state index in [0.29, 0.717) is 5.69 Å². The van der Waals surface area contributed by atoms with E-state index in [4.69, 9.17) is 9.72 Å². The number of carbonyl (C=O) groups excluding carboxylic acids is 2. The van der Waals surface area contributed by atoms with Crippen LogP contribution in [0.15, 0.2) is 42.5 Å². The molecule has 0 saturated carbocycles. The summed E-state index contributed by atoms with van der Waals surface area (Å²) < 4.78 is 6.40. The van der Waals surface area contributed by atoms with Crippen molar-refractivity contribution in [3.8, 4) is 5.75 Å².